The summed E-state index contributed by atoms with van der Waals surface area (Å²) in [4.78, 5) is 13.1. The van der Waals surface area contributed by atoms with E-state index < -0.39 is 5.97 Å². The molecule has 1 aliphatic carbocycles. The Labute approximate surface area is 126 Å². The largest absolute Gasteiger partial charge is 0.480 e. The van der Waals surface area contributed by atoms with Crippen LogP contribution >= 0.6 is 0 Å². The van der Waals surface area contributed by atoms with Crippen LogP contribution in [-0.2, 0) is 11.2 Å². The van der Waals surface area contributed by atoms with E-state index in [1.165, 1.54) is 36.9 Å². The standard InChI is InChI=1S/C17H24N2O2/c20-17(21)10-18-9-13-4-3-7-19(11-13)12-15-8-14-5-1-2-6-16(14)15/h1-2,5-6,13,15,18H,3-4,7-12H2,(H,20,21). The molecule has 4 heteroatoms. The van der Waals surface area contributed by atoms with E-state index in [-0.39, 0.29) is 6.54 Å². The lowest BCUT2D eigenvalue weighted by Crippen LogP contribution is -2.43. The minimum atomic E-state index is -0.770. The molecule has 0 aromatic heterocycles. The number of likely N-dealkylation sites (tertiary alicyclic amines) is 1. The van der Waals surface area contributed by atoms with E-state index in [4.69, 9.17) is 5.11 Å². The van der Waals surface area contributed by atoms with Crippen molar-refractivity contribution in [1.29, 1.82) is 0 Å². The quantitative estimate of drug-likeness (QED) is 0.837. The second kappa shape index (κ2) is 6.58. The fourth-order valence-corrected chi connectivity index (χ4v) is 3.70. The summed E-state index contributed by atoms with van der Waals surface area (Å²) in [6.07, 6.45) is 3.66. The number of carboxylic acid groups (broad SMARTS) is 1. The van der Waals surface area contributed by atoms with Crippen molar-refractivity contribution in [2.24, 2.45) is 5.92 Å². The summed E-state index contributed by atoms with van der Waals surface area (Å²) in [5.41, 5.74) is 3.04. The summed E-state index contributed by atoms with van der Waals surface area (Å²) < 4.78 is 0. The number of carbonyl (C=O) groups is 1. The number of benzene rings is 1. The van der Waals surface area contributed by atoms with Gasteiger partial charge in [0.15, 0.2) is 0 Å². The lowest BCUT2D eigenvalue weighted by Gasteiger charge is -2.38. The Balaban J connectivity index is 1.45. The van der Waals surface area contributed by atoms with Crippen LogP contribution in [0.2, 0.25) is 0 Å². The summed E-state index contributed by atoms with van der Waals surface area (Å²) >= 11 is 0. The predicted molar refractivity (Wildman–Crippen MR) is 82.6 cm³/mol. The van der Waals surface area contributed by atoms with Gasteiger partial charge in [0.2, 0.25) is 0 Å². The first-order chi connectivity index (χ1) is 10.2. The zero-order valence-corrected chi connectivity index (χ0v) is 12.4. The molecule has 2 aliphatic rings. The maximum Gasteiger partial charge on any atom is 0.317 e. The molecule has 4 nitrogen and oxygen atoms in total. The van der Waals surface area contributed by atoms with Crippen molar-refractivity contribution in [3.05, 3.63) is 35.4 Å². The lowest BCUT2D eigenvalue weighted by atomic mass is 9.77. The van der Waals surface area contributed by atoms with Crippen molar-refractivity contribution in [2.75, 3.05) is 32.7 Å². The molecule has 0 radical (unpaired) electrons. The van der Waals surface area contributed by atoms with Crippen molar-refractivity contribution < 1.29 is 9.90 Å². The van der Waals surface area contributed by atoms with Gasteiger partial charge in [0, 0.05) is 19.0 Å². The average molecular weight is 288 g/mol. The number of hydrogen-bond acceptors (Lipinski definition) is 3. The number of nitrogens with one attached hydrogen (secondary N) is 1. The predicted octanol–water partition coefficient (Wildman–Crippen LogP) is 1.71. The Bertz CT molecular complexity index is 503. The van der Waals surface area contributed by atoms with E-state index in [1.54, 1.807) is 0 Å². The Kier molecular flexibility index (Phi) is 4.56. The van der Waals surface area contributed by atoms with E-state index in [9.17, 15) is 4.79 Å². The lowest BCUT2D eigenvalue weighted by molar-refractivity contribution is -0.136. The van der Waals surface area contributed by atoms with Crippen molar-refractivity contribution in [2.45, 2.75) is 25.2 Å². The number of nitrogens with zero attached hydrogens (tertiary/aromatic N) is 1. The van der Waals surface area contributed by atoms with Gasteiger partial charge in [-0.25, -0.2) is 0 Å². The van der Waals surface area contributed by atoms with Crippen LogP contribution in [0.5, 0.6) is 0 Å². The summed E-state index contributed by atoms with van der Waals surface area (Å²) in [5, 5.41) is 11.7. The second-order valence-corrected chi connectivity index (χ2v) is 6.39. The van der Waals surface area contributed by atoms with Crippen LogP contribution in [0.3, 0.4) is 0 Å². The summed E-state index contributed by atoms with van der Waals surface area (Å²) in [7, 11) is 0. The van der Waals surface area contributed by atoms with Crippen molar-refractivity contribution in [3.63, 3.8) is 0 Å². The molecule has 1 aromatic carbocycles. The number of fused-ring (bicyclic) bond motifs is 1. The highest BCUT2D eigenvalue weighted by Gasteiger charge is 2.29. The summed E-state index contributed by atoms with van der Waals surface area (Å²) in [5.74, 6) is 0.522. The normalized spacial score (nSPS) is 25.1. The van der Waals surface area contributed by atoms with Gasteiger partial charge in [0.1, 0.15) is 0 Å². The van der Waals surface area contributed by atoms with Gasteiger partial charge in [-0.1, -0.05) is 24.3 Å². The highest BCUT2D eigenvalue weighted by molar-refractivity contribution is 5.68. The molecule has 3 rings (SSSR count). The molecule has 21 heavy (non-hydrogen) atoms. The van der Waals surface area contributed by atoms with E-state index in [0.717, 1.165) is 19.6 Å². The first kappa shape index (κ1) is 14.5. The van der Waals surface area contributed by atoms with Crippen LogP contribution in [0.1, 0.15) is 29.9 Å². The van der Waals surface area contributed by atoms with Gasteiger partial charge in [-0.05, 0) is 49.4 Å². The number of aliphatic carboxylic acids is 1. The van der Waals surface area contributed by atoms with Crippen molar-refractivity contribution in [3.8, 4) is 0 Å². The van der Waals surface area contributed by atoms with E-state index in [2.05, 4.69) is 34.5 Å². The first-order valence-corrected chi connectivity index (χ1v) is 7.95. The smallest absolute Gasteiger partial charge is 0.317 e. The molecule has 114 valence electrons. The highest BCUT2D eigenvalue weighted by atomic mass is 16.4. The minimum absolute atomic E-state index is 0.0759. The topological polar surface area (TPSA) is 52.6 Å². The molecular formula is C17H24N2O2. The van der Waals surface area contributed by atoms with Crippen LogP contribution < -0.4 is 5.32 Å². The van der Waals surface area contributed by atoms with Crippen LogP contribution in [0.4, 0.5) is 0 Å². The van der Waals surface area contributed by atoms with Crippen LogP contribution in [0, 0.1) is 5.92 Å². The molecule has 1 aromatic rings. The van der Waals surface area contributed by atoms with Gasteiger partial charge < -0.3 is 15.3 Å². The van der Waals surface area contributed by atoms with Crippen LogP contribution in [0.15, 0.2) is 24.3 Å². The van der Waals surface area contributed by atoms with Gasteiger partial charge in [0.05, 0.1) is 6.54 Å². The van der Waals surface area contributed by atoms with Gasteiger partial charge in [-0.3, -0.25) is 4.79 Å². The van der Waals surface area contributed by atoms with Crippen molar-refractivity contribution >= 4 is 5.97 Å². The molecule has 1 aliphatic heterocycles. The molecule has 2 atom stereocenters. The third kappa shape index (κ3) is 3.63. The Morgan fingerprint density at radius 3 is 3.05 bits per heavy atom. The van der Waals surface area contributed by atoms with Gasteiger partial charge in [0.25, 0.3) is 0 Å². The van der Waals surface area contributed by atoms with Crippen LogP contribution in [0.25, 0.3) is 0 Å². The molecule has 1 fully saturated rings. The third-order valence-corrected chi connectivity index (χ3v) is 4.75. The highest BCUT2D eigenvalue weighted by Crippen LogP contribution is 2.35. The Morgan fingerprint density at radius 2 is 2.24 bits per heavy atom. The van der Waals surface area contributed by atoms with E-state index in [0.29, 0.717) is 11.8 Å². The molecule has 0 amide bonds. The third-order valence-electron chi connectivity index (χ3n) is 4.75. The van der Waals surface area contributed by atoms with Gasteiger partial charge in [-0.2, -0.15) is 0 Å². The molecule has 2 N–H and O–H groups in total. The minimum Gasteiger partial charge on any atom is -0.480 e. The maximum atomic E-state index is 10.5. The van der Waals surface area contributed by atoms with Gasteiger partial charge in [-0.15, -0.1) is 0 Å². The summed E-state index contributed by atoms with van der Waals surface area (Å²) in [6.45, 7) is 4.35. The zero-order valence-electron chi connectivity index (χ0n) is 12.4. The number of hydrogen-bond donors (Lipinski definition) is 2. The average Bonchev–Trinajstić information content (AvgIpc) is 2.45. The number of carboxylic acids is 1. The number of piperidine rings is 1. The number of rotatable bonds is 6. The molecule has 0 saturated carbocycles. The SMILES string of the molecule is O=C(O)CNCC1CCCN(CC2Cc3ccccc32)C1. The summed E-state index contributed by atoms with van der Waals surface area (Å²) in [6, 6.07) is 8.76. The monoisotopic (exact) mass is 288 g/mol. The first-order valence-electron chi connectivity index (χ1n) is 7.95. The molecule has 1 heterocycles. The van der Waals surface area contributed by atoms with Crippen LogP contribution in [-0.4, -0.2) is 48.7 Å². The van der Waals surface area contributed by atoms with Crippen molar-refractivity contribution in [1.82, 2.24) is 10.2 Å². The Morgan fingerprint density at radius 1 is 1.38 bits per heavy atom. The molecular weight excluding hydrogens is 264 g/mol. The molecule has 0 bridgehead atoms. The van der Waals surface area contributed by atoms with Gasteiger partial charge >= 0.3 is 5.97 Å². The fraction of sp³-hybridized carbons (Fsp3) is 0.588. The maximum absolute atomic E-state index is 10.5. The Hall–Kier alpha value is -1.39. The molecule has 0 spiro atoms. The second-order valence-electron chi connectivity index (χ2n) is 6.39. The molecule has 1 saturated heterocycles. The molecule has 2 unspecified atom stereocenters. The fourth-order valence-electron chi connectivity index (χ4n) is 3.70. The zero-order chi connectivity index (χ0) is 14.7. The van der Waals surface area contributed by atoms with E-state index >= 15 is 0 Å². The van der Waals surface area contributed by atoms with E-state index in [1.807, 2.05) is 0 Å².